The third-order valence-electron chi connectivity index (χ3n) is 1.43. The molecular formula is C8H12N4O3S. The maximum Gasteiger partial charge on any atom is 0.377 e. The molecule has 1 heterocycles. The lowest BCUT2D eigenvalue weighted by Gasteiger charge is -2.07. The number of anilines is 1. The molecule has 0 aliphatic carbocycles. The van der Waals surface area contributed by atoms with Crippen LogP contribution in [-0.4, -0.2) is 34.5 Å². The summed E-state index contributed by atoms with van der Waals surface area (Å²) in [6.45, 7) is 3.67. The molecule has 0 saturated heterocycles. The Bertz CT molecular complexity index is 390. The van der Waals surface area contributed by atoms with Gasteiger partial charge in [-0.25, -0.2) is 9.59 Å². The van der Waals surface area contributed by atoms with Crippen molar-refractivity contribution in [1.29, 1.82) is 0 Å². The lowest BCUT2D eigenvalue weighted by Crippen LogP contribution is -2.34. The van der Waals surface area contributed by atoms with Gasteiger partial charge in [0, 0.05) is 17.6 Å². The standard InChI is InChI=1S/C8H12N4O3S/c1-4(2)9-7(14)11-8-10-5(12-16-8)6(13)15-3/h4H,1-3H3,(H2,9,10,11,12,14). The number of carbonyl (C=O) groups is 2. The van der Waals surface area contributed by atoms with Gasteiger partial charge in [-0.1, -0.05) is 0 Å². The van der Waals surface area contributed by atoms with Crippen molar-refractivity contribution in [1.82, 2.24) is 14.7 Å². The topological polar surface area (TPSA) is 93.2 Å². The second-order valence-corrected chi connectivity index (χ2v) is 3.92. The van der Waals surface area contributed by atoms with Crippen molar-refractivity contribution in [3.63, 3.8) is 0 Å². The molecule has 16 heavy (non-hydrogen) atoms. The zero-order chi connectivity index (χ0) is 12.1. The fourth-order valence-corrected chi connectivity index (χ4v) is 1.40. The Morgan fingerprint density at radius 2 is 2.12 bits per heavy atom. The van der Waals surface area contributed by atoms with Crippen LogP contribution >= 0.6 is 11.5 Å². The zero-order valence-electron chi connectivity index (χ0n) is 9.10. The van der Waals surface area contributed by atoms with Crippen LogP contribution in [0.4, 0.5) is 9.93 Å². The highest BCUT2D eigenvalue weighted by molar-refractivity contribution is 7.10. The minimum Gasteiger partial charge on any atom is -0.463 e. The van der Waals surface area contributed by atoms with Gasteiger partial charge in [0.2, 0.25) is 5.13 Å². The number of nitrogens with one attached hydrogen (secondary N) is 2. The SMILES string of the molecule is COC(=O)c1nsc(NC(=O)NC(C)C)n1. The number of aromatic nitrogens is 2. The zero-order valence-corrected chi connectivity index (χ0v) is 9.92. The maximum atomic E-state index is 11.3. The number of carbonyl (C=O) groups excluding carboxylic acids is 2. The van der Waals surface area contributed by atoms with E-state index < -0.39 is 5.97 Å². The smallest absolute Gasteiger partial charge is 0.377 e. The van der Waals surface area contributed by atoms with E-state index in [4.69, 9.17) is 0 Å². The van der Waals surface area contributed by atoms with Crippen molar-refractivity contribution in [2.75, 3.05) is 12.4 Å². The summed E-state index contributed by atoms with van der Waals surface area (Å²) in [5, 5.41) is 5.32. The van der Waals surface area contributed by atoms with Crippen molar-refractivity contribution in [2.24, 2.45) is 0 Å². The molecule has 8 heteroatoms. The molecule has 0 atom stereocenters. The first-order chi connectivity index (χ1) is 7.52. The van der Waals surface area contributed by atoms with E-state index in [0.29, 0.717) is 0 Å². The molecule has 0 fully saturated rings. The van der Waals surface area contributed by atoms with Gasteiger partial charge in [-0.05, 0) is 13.8 Å². The molecule has 2 amide bonds. The van der Waals surface area contributed by atoms with Gasteiger partial charge in [0.1, 0.15) is 0 Å². The van der Waals surface area contributed by atoms with Gasteiger partial charge in [-0.2, -0.15) is 9.36 Å². The van der Waals surface area contributed by atoms with Crippen molar-refractivity contribution >= 4 is 28.7 Å². The van der Waals surface area contributed by atoms with Gasteiger partial charge < -0.3 is 10.1 Å². The van der Waals surface area contributed by atoms with Crippen molar-refractivity contribution < 1.29 is 14.3 Å². The molecule has 1 aromatic rings. The lowest BCUT2D eigenvalue weighted by atomic mass is 10.4. The Labute approximate surface area is 96.4 Å². The molecule has 0 saturated carbocycles. The predicted molar refractivity (Wildman–Crippen MR) is 58.5 cm³/mol. The Balaban J connectivity index is 2.58. The van der Waals surface area contributed by atoms with Crippen LogP contribution in [-0.2, 0) is 4.74 Å². The van der Waals surface area contributed by atoms with Crippen molar-refractivity contribution in [3.8, 4) is 0 Å². The third kappa shape index (κ3) is 3.46. The van der Waals surface area contributed by atoms with Crippen LogP contribution in [0.1, 0.15) is 24.5 Å². The molecule has 1 aromatic heterocycles. The fourth-order valence-electron chi connectivity index (χ4n) is 0.844. The first-order valence-corrected chi connectivity index (χ1v) is 5.29. The molecule has 0 radical (unpaired) electrons. The summed E-state index contributed by atoms with van der Waals surface area (Å²) < 4.78 is 8.17. The highest BCUT2D eigenvalue weighted by Crippen LogP contribution is 2.11. The van der Waals surface area contributed by atoms with E-state index in [1.807, 2.05) is 13.8 Å². The second kappa shape index (κ2) is 5.40. The molecule has 0 aliphatic rings. The fraction of sp³-hybridized carbons (Fsp3) is 0.500. The number of rotatable bonds is 3. The van der Waals surface area contributed by atoms with Crippen LogP contribution in [0.25, 0.3) is 0 Å². The Hall–Kier alpha value is -1.70. The number of urea groups is 1. The van der Waals surface area contributed by atoms with E-state index in [1.165, 1.54) is 7.11 Å². The van der Waals surface area contributed by atoms with Gasteiger partial charge >= 0.3 is 12.0 Å². The molecule has 0 aliphatic heterocycles. The number of ether oxygens (including phenoxy) is 1. The minimum atomic E-state index is -0.631. The Morgan fingerprint density at radius 1 is 1.44 bits per heavy atom. The molecule has 1 rings (SSSR count). The van der Waals surface area contributed by atoms with Crippen molar-refractivity contribution in [2.45, 2.75) is 19.9 Å². The number of esters is 1. The average Bonchev–Trinajstić information content (AvgIpc) is 2.63. The number of nitrogens with zero attached hydrogens (tertiary/aromatic N) is 2. The summed E-state index contributed by atoms with van der Waals surface area (Å²) in [4.78, 5) is 26.1. The van der Waals surface area contributed by atoms with Crippen LogP contribution in [0.5, 0.6) is 0 Å². The van der Waals surface area contributed by atoms with Crippen molar-refractivity contribution in [3.05, 3.63) is 5.82 Å². The minimum absolute atomic E-state index is 0.0213. The molecule has 88 valence electrons. The van der Waals surface area contributed by atoms with E-state index in [9.17, 15) is 9.59 Å². The van der Waals surface area contributed by atoms with E-state index in [0.717, 1.165) is 11.5 Å². The molecule has 7 nitrogen and oxygen atoms in total. The number of amides is 2. The Morgan fingerprint density at radius 3 is 2.69 bits per heavy atom. The van der Waals surface area contributed by atoms with E-state index in [2.05, 4.69) is 24.7 Å². The Kier molecular flexibility index (Phi) is 4.18. The third-order valence-corrected chi connectivity index (χ3v) is 2.06. The van der Waals surface area contributed by atoms with E-state index >= 15 is 0 Å². The summed E-state index contributed by atoms with van der Waals surface area (Å²) in [6, 6.07) is -0.365. The molecule has 0 spiro atoms. The summed E-state index contributed by atoms with van der Waals surface area (Å²) >= 11 is 0.915. The van der Waals surface area contributed by atoms with Crippen LogP contribution < -0.4 is 10.6 Å². The summed E-state index contributed by atoms with van der Waals surface area (Å²) in [6.07, 6.45) is 0. The van der Waals surface area contributed by atoms with Crippen LogP contribution in [0.15, 0.2) is 0 Å². The monoisotopic (exact) mass is 244 g/mol. The highest BCUT2D eigenvalue weighted by Gasteiger charge is 2.14. The largest absolute Gasteiger partial charge is 0.463 e. The lowest BCUT2D eigenvalue weighted by molar-refractivity contribution is 0.0588. The van der Waals surface area contributed by atoms with Crippen LogP contribution in [0, 0.1) is 0 Å². The van der Waals surface area contributed by atoms with Gasteiger partial charge in [0.15, 0.2) is 0 Å². The quantitative estimate of drug-likeness (QED) is 0.769. The number of methoxy groups -OCH3 is 1. The molecule has 0 bridgehead atoms. The molecule has 0 aromatic carbocycles. The van der Waals surface area contributed by atoms with Crippen LogP contribution in [0.3, 0.4) is 0 Å². The summed E-state index contributed by atoms with van der Waals surface area (Å²) in [5.41, 5.74) is 0. The normalized spacial score (nSPS) is 10.0. The molecule has 2 N–H and O–H groups in total. The number of hydrogen-bond acceptors (Lipinski definition) is 6. The predicted octanol–water partition coefficient (Wildman–Crippen LogP) is 0.855. The van der Waals surface area contributed by atoms with Crippen LogP contribution in [0.2, 0.25) is 0 Å². The van der Waals surface area contributed by atoms with Gasteiger partial charge in [0.25, 0.3) is 5.82 Å². The van der Waals surface area contributed by atoms with Gasteiger partial charge in [-0.15, -0.1) is 0 Å². The van der Waals surface area contributed by atoms with E-state index in [1.54, 1.807) is 0 Å². The number of hydrogen-bond donors (Lipinski definition) is 2. The molecule has 0 unspecified atom stereocenters. The maximum absolute atomic E-state index is 11.3. The summed E-state index contributed by atoms with van der Waals surface area (Å²) in [5.74, 6) is -0.694. The average molecular weight is 244 g/mol. The second-order valence-electron chi connectivity index (χ2n) is 3.17. The highest BCUT2D eigenvalue weighted by atomic mass is 32.1. The van der Waals surface area contributed by atoms with Gasteiger partial charge in [-0.3, -0.25) is 5.32 Å². The first kappa shape index (κ1) is 12.4. The summed E-state index contributed by atoms with van der Waals surface area (Å²) in [7, 11) is 1.24. The molecular weight excluding hydrogens is 232 g/mol. The van der Waals surface area contributed by atoms with E-state index in [-0.39, 0.29) is 23.0 Å². The first-order valence-electron chi connectivity index (χ1n) is 4.52. The van der Waals surface area contributed by atoms with Gasteiger partial charge in [0.05, 0.1) is 7.11 Å².